The van der Waals surface area contributed by atoms with Gasteiger partial charge in [-0.05, 0) is 43.9 Å². The first-order valence-electron chi connectivity index (χ1n) is 11.4. The molecule has 172 valence electrons. The van der Waals surface area contributed by atoms with Crippen molar-refractivity contribution in [1.82, 2.24) is 9.55 Å². The molecule has 33 heavy (non-hydrogen) atoms. The van der Waals surface area contributed by atoms with Crippen LogP contribution in [0, 0.1) is 0 Å². The van der Waals surface area contributed by atoms with Crippen molar-refractivity contribution in [3.05, 3.63) is 84.4 Å². The van der Waals surface area contributed by atoms with Crippen LogP contribution in [0.3, 0.4) is 0 Å². The summed E-state index contributed by atoms with van der Waals surface area (Å²) in [5.74, 6) is 0.632. The summed E-state index contributed by atoms with van der Waals surface area (Å²) in [5.41, 5.74) is 2.76. The van der Waals surface area contributed by atoms with E-state index in [4.69, 9.17) is 14.3 Å². The quantitative estimate of drug-likeness (QED) is 0.245. The minimum atomic E-state index is -0.276. The molecule has 0 bridgehead atoms. The van der Waals surface area contributed by atoms with Crippen molar-refractivity contribution < 1.29 is 19.1 Å². The molecule has 2 heterocycles. The molecule has 1 aromatic heterocycles. The van der Waals surface area contributed by atoms with Crippen LogP contribution >= 0.6 is 0 Å². The predicted octanol–water partition coefficient (Wildman–Crippen LogP) is 5.10. The highest BCUT2D eigenvalue weighted by Gasteiger charge is 2.38. The molecule has 7 heteroatoms. The van der Waals surface area contributed by atoms with Crippen molar-refractivity contribution in [2.75, 3.05) is 13.2 Å². The van der Waals surface area contributed by atoms with Gasteiger partial charge in [0.25, 0.3) is 0 Å². The van der Waals surface area contributed by atoms with Crippen LogP contribution in [0.1, 0.15) is 55.9 Å². The van der Waals surface area contributed by atoms with Gasteiger partial charge in [-0.1, -0.05) is 47.6 Å². The number of hydrogen-bond donors (Lipinski definition) is 0. The molecule has 4 rings (SSSR count). The first-order valence-corrected chi connectivity index (χ1v) is 11.4. The van der Waals surface area contributed by atoms with E-state index in [2.05, 4.69) is 22.3 Å². The van der Waals surface area contributed by atoms with Gasteiger partial charge in [-0.25, -0.2) is 4.98 Å². The van der Waals surface area contributed by atoms with Crippen LogP contribution in [0.5, 0.6) is 5.75 Å². The van der Waals surface area contributed by atoms with Crippen LogP contribution in [-0.2, 0) is 14.4 Å². The fourth-order valence-corrected chi connectivity index (χ4v) is 3.97. The lowest BCUT2D eigenvalue weighted by Gasteiger charge is -2.35. The van der Waals surface area contributed by atoms with Crippen molar-refractivity contribution >= 4 is 11.7 Å². The molecule has 0 amide bonds. The molecule has 0 radical (unpaired) electrons. The summed E-state index contributed by atoms with van der Waals surface area (Å²) >= 11 is 0. The summed E-state index contributed by atoms with van der Waals surface area (Å²) in [5, 5.41) is 4.60. The van der Waals surface area contributed by atoms with Gasteiger partial charge >= 0.3 is 5.97 Å². The van der Waals surface area contributed by atoms with E-state index in [-0.39, 0.29) is 18.1 Å². The topological polar surface area (TPSA) is 74.9 Å². The molecule has 0 fully saturated rings. The van der Waals surface area contributed by atoms with Crippen LogP contribution in [-0.4, -0.2) is 34.4 Å². The first-order chi connectivity index (χ1) is 16.3. The maximum Gasteiger partial charge on any atom is 0.305 e. The van der Waals surface area contributed by atoms with E-state index in [1.54, 1.807) is 12.5 Å². The van der Waals surface area contributed by atoms with Gasteiger partial charge in [-0.15, -0.1) is 0 Å². The molecular formula is C26H29N3O4. The number of fused-ring (bicyclic) bond motifs is 1. The number of hydrogen-bond acceptors (Lipinski definition) is 6. The fraction of sp³-hybridized carbons (Fsp3) is 0.346. The summed E-state index contributed by atoms with van der Waals surface area (Å²) in [7, 11) is 0. The Balaban J connectivity index is 1.52. The van der Waals surface area contributed by atoms with Gasteiger partial charge in [-0.3, -0.25) is 4.79 Å². The number of nitrogens with zero attached hydrogens (tertiary/aromatic N) is 3. The zero-order chi connectivity index (χ0) is 22.9. The largest absolute Gasteiger partial charge is 0.482 e. The summed E-state index contributed by atoms with van der Waals surface area (Å²) in [6, 6.07) is 17.8. The number of ether oxygens (including phenoxy) is 2. The number of esters is 1. The Bertz CT molecular complexity index is 1050. The maximum atomic E-state index is 11.5. The Kier molecular flexibility index (Phi) is 7.74. The van der Waals surface area contributed by atoms with Crippen molar-refractivity contribution in [2.45, 2.75) is 44.8 Å². The average molecular weight is 448 g/mol. The summed E-state index contributed by atoms with van der Waals surface area (Å²) in [4.78, 5) is 21.5. The number of unbranched alkanes of at least 4 members (excludes halogenated alkanes) is 2. The second-order valence-corrected chi connectivity index (χ2v) is 7.83. The van der Waals surface area contributed by atoms with Crippen molar-refractivity contribution in [3.63, 3.8) is 0 Å². The molecule has 1 aliphatic heterocycles. The van der Waals surface area contributed by atoms with Crippen molar-refractivity contribution in [1.29, 1.82) is 0 Å². The van der Waals surface area contributed by atoms with E-state index in [9.17, 15) is 4.79 Å². The third-order valence-corrected chi connectivity index (χ3v) is 5.54. The number of rotatable bonds is 10. The van der Waals surface area contributed by atoms with Crippen LogP contribution in [0.4, 0.5) is 0 Å². The summed E-state index contributed by atoms with van der Waals surface area (Å²) in [6.07, 6.45) is 8.09. The molecule has 7 nitrogen and oxygen atoms in total. The van der Waals surface area contributed by atoms with Gasteiger partial charge in [0.05, 0.1) is 12.9 Å². The Morgan fingerprint density at radius 2 is 1.91 bits per heavy atom. The highest BCUT2D eigenvalue weighted by atomic mass is 16.6. The standard InChI is InChI=1S/C26H29N3O4/c1-2-31-23(30)15-7-4-10-18-32-28-24-21-13-8-9-14-22(21)33-26(20-11-5-3-6-12-20)25(24)29-17-16-27-19-29/h3,5-6,8-9,11-14,16-17,19,25-26H,2,4,7,10,15,18H2,1H3/b28-24+. The van der Waals surface area contributed by atoms with E-state index >= 15 is 0 Å². The molecule has 1 aliphatic rings. The van der Waals surface area contributed by atoms with E-state index in [1.807, 2.05) is 60.2 Å². The number of benzene rings is 2. The zero-order valence-corrected chi connectivity index (χ0v) is 18.8. The predicted molar refractivity (Wildman–Crippen MR) is 125 cm³/mol. The fourth-order valence-electron chi connectivity index (χ4n) is 3.97. The minimum absolute atomic E-state index is 0.146. The van der Waals surface area contributed by atoms with Crippen LogP contribution in [0.2, 0.25) is 0 Å². The lowest BCUT2D eigenvalue weighted by Crippen LogP contribution is -2.34. The Morgan fingerprint density at radius 1 is 1.09 bits per heavy atom. The molecule has 0 N–H and O–H groups in total. The van der Waals surface area contributed by atoms with Crippen molar-refractivity contribution in [3.8, 4) is 5.75 Å². The van der Waals surface area contributed by atoms with Crippen molar-refractivity contribution in [2.24, 2.45) is 5.16 Å². The van der Waals surface area contributed by atoms with Gasteiger partial charge < -0.3 is 18.9 Å². The summed E-state index contributed by atoms with van der Waals surface area (Å²) in [6.45, 7) is 2.72. The van der Waals surface area contributed by atoms with Gasteiger partial charge in [0.2, 0.25) is 0 Å². The molecule has 0 spiro atoms. The summed E-state index contributed by atoms with van der Waals surface area (Å²) < 4.78 is 13.4. The van der Waals surface area contributed by atoms with Crippen LogP contribution < -0.4 is 4.74 Å². The van der Waals surface area contributed by atoms with E-state index in [0.29, 0.717) is 19.6 Å². The molecule has 2 atom stereocenters. The van der Waals surface area contributed by atoms with E-state index < -0.39 is 0 Å². The second kappa shape index (κ2) is 11.3. The molecular weight excluding hydrogens is 418 g/mol. The molecule has 0 aliphatic carbocycles. The number of para-hydroxylation sites is 1. The number of imidazole rings is 1. The third-order valence-electron chi connectivity index (χ3n) is 5.54. The number of oxime groups is 1. The first kappa shape index (κ1) is 22.6. The molecule has 0 saturated carbocycles. The average Bonchev–Trinajstić information content (AvgIpc) is 3.38. The number of carbonyl (C=O) groups is 1. The van der Waals surface area contributed by atoms with Gasteiger partial charge in [-0.2, -0.15) is 0 Å². The second-order valence-electron chi connectivity index (χ2n) is 7.83. The monoisotopic (exact) mass is 447 g/mol. The normalized spacial score (nSPS) is 18.4. The number of carbonyl (C=O) groups excluding carboxylic acids is 1. The minimum Gasteiger partial charge on any atom is -0.482 e. The smallest absolute Gasteiger partial charge is 0.305 e. The molecule has 2 aromatic carbocycles. The van der Waals surface area contributed by atoms with Crippen LogP contribution in [0.15, 0.2) is 78.5 Å². The number of aromatic nitrogens is 2. The van der Waals surface area contributed by atoms with Crippen LogP contribution in [0.25, 0.3) is 0 Å². The van der Waals surface area contributed by atoms with E-state index in [1.165, 1.54) is 0 Å². The lowest BCUT2D eigenvalue weighted by molar-refractivity contribution is -0.143. The lowest BCUT2D eigenvalue weighted by atomic mass is 9.90. The maximum absolute atomic E-state index is 11.5. The molecule has 3 aromatic rings. The zero-order valence-electron chi connectivity index (χ0n) is 18.8. The van der Waals surface area contributed by atoms with Gasteiger partial charge in [0, 0.05) is 24.4 Å². The van der Waals surface area contributed by atoms with E-state index in [0.717, 1.165) is 41.9 Å². The molecule has 0 saturated heterocycles. The highest BCUT2D eigenvalue weighted by molar-refractivity contribution is 6.06. The Morgan fingerprint density at radius 3 is 2.70 bits per heavy atom. The Labute approximate surface area is 194 Å². The Hall–Kier alpha value is -3.61. The molecule has 2 unspecified atom stereocenters. The highest BCUT2D eigenvalue weighted by Crippen LogP contribution is 2.41. The third kappa shape index (κ3) is 5.61. The van der Waals surface area contributed by atoms with Gasteiger partial charge in [0.1, 0.15) is 24.1 Å². The van der Waals surface area contributed by atoms with Gasteiger partial charge in [0.15, 0.2) is 6.10 Å². The SMILES string of the molecule is CCOC(=O)CCCCCO/N=C1\c2ccccc2OC(c2ccccc2)C1n1ccnc1.